The van der Waals surface area contributed by atoms with Gasteiger partial charge < -0.3 is 4.90 Å². The van der Waals surface area contributed by atoms with Crippen molar-refractivity contribution in [1.29, 1.82) is 0 Å². The van der Waals surface area contributed by atoms with Gasteiger partial charge >= 0.3 is 0 Å². The van der Waals surface area contributed by atoms with Crippen LogP contribution in [0.5, 0.6) is 0 Å². The predicted octanol–water partition coefficient (Wildman–Crippen LogP) is 0.724. The Bertz CT molecular complexity index is 310. The smallest absolute Gasteiger partial charge is 0.0913 e. The second kappa shape index (κ2) is 2.81. The molecule has 1 aliphatic rings. The first-order valence-corrected chi connectivity index (χ1v) is 3.80. The molecule has 0 unspecified atom stereocenters. The van der Waals surface area contributed by atoms with Crippen molar-refractivity contribution in [2.75, 3.05) is 13.6 Å². The molecule has 0 fully saturated rings. The fourth-order valence-corrected chi connectivity index (χ4v) is 1.07. The first-order valence-electron chi connectivity index (χ1n) is 3.80. The molecule has 1 N–H and O–H groups in total. The molecule has 12 heavy (non-hydrogen) atoms. The summed E-state index contributed by atoms with van der Waals surface area (Å²) >= 11 is 0. The normalized spacial score (nSPS) is 16.4. The minimum absolute atomic E-state index is 0.901. The molecule has 62 valence electrons. The summed E-state index contributed by atoms with van der Waals surface area (Å²) in [5, 5.41) is 6.73. The molecule has 4 nitrogen and oxygen atoms in total. The first kappa shape index (κ1) is 7.09. The van der Waals surface area contributed by atoms with E-state index in [0.717, 1.165) is 17.9 Å². The third kappa shape index (κ3) is 1.23. The van der Waals surface area contributed by atoms with E-state index in [2.05, 4.69) is 21.3 Å². The topological polar surface area (TPSA) is 44.3 Å². The molecule has 0 spiro atoms. The Balaban J connectivity index is 2.23. The summed E-state index contributed by atoms with van der Waals surface area (Å²) in [4.78, 5) is 6.26. The Morgan fingerprint density at radius 3 is 3.08 bits per heavy atom. The van der Waals surface area contributed by atoms with Crippen LogP contribution in [0.3, 0.4) is 0 Å². The molecule has 0 saturated heterocycles. The number of aromatic nitrogens is 2. The SMILES string of the molecule is CN1C=NC(c2ccn[nH]2)=CC1. The minimum Gasteiger partial charge on any atom is -0.362 e. The van der Waals surface area contributed by atoms with Gasteiger partial charge in [-0.1, -0.05) is 0 Å². The molecule has 0 amide bonds. The average molecular weight is 162 g/mol. The van der Waals surface area contributed by atoms with E-state index in [1.807, 2.05) is 24.4 Å². The van der Waals surface area contributed by atoms with Crippen LogP contribution in [0.4, 0.5) is 0 Å². The van der Waals surface area contributed by atoms with Crippen LogP contribution >= 0.6 is 0 Å². The van der Waals surface area contributed by atoms with E-state index in [9.17, 15) is 0 Å². The lowest BCUT2D eigenvalue weighted by atomic mass is 10.3. The summed E-state index contributed by atoms with van der Waals surface area (Å²) in [6.07, 6.45) is 5.60. The minimum atomic E-state index is 0.901. The van der Waals surface area contributed by atoms with Crippen molar-refractivity contribution >= 4 is 12.0 Å². The maximum atomic E-state index is 4.24. The van der Waals surface area contributed by atoms with Crippen LogP contribution in [0.15, 0.2) is 23.3 Å². The van der Waals surface area contributed by atoms with Gasteiger partial charge in [0.25, 0.3) is 0 Å². The largest absolute Gasteiger partial charge is 0.362 e. The monoisotopic (exact) mass is 162 g/mol. The summed E-state index contributed by atoms with van der Waals surface area (Å²) in [5.41, 5.74) is 1.94. The van der Waals surface area contributed by atoms with Crippen molar-refractivity contribution in [2.24, 2.45) is 4.99 Å². The highest BCUT2D eigenvalue weighted by atomic mass is 15.2. The van der Waals surface area contributed by atoms with Crippen molar-refractivity contribution < 1.29 is 0 Å². The van der Waals surface area contributed by atoms with E-state index in [1.165, 1.54) is 0 Å². The number of aromatic amines is 1. The number of nitrogens with one attached hydrogen (secondary N) is 1. The molecule has 2 rings (SSSR count). The molecule has 1 aliphatic heterocycles. The van der Waals surface area contributed by atoms with Gasteiger partial charge in [-0.25, -0.2) is 4.99 Å². The van der Waals surface area contributed by atoms with E-state index in [0.29, 0.717) is 0 Å². The highest BCUT2D eigenvalue weighted by Crippen LogP contribution is 2.13. The molecule has 1 aromatic heterocycles. The number of nitrogens with zero attached hydrogens (tertiary/aromatic N) is 3. The van der Waals surface area contributed by atoms with Crippen LogP contribution in [0, 0.1) is 0 Å². The molecule has 0 atom stereocenters. The average Bonchev–Trinajstić information content (AvgIpc) is 2.58. The lowest BCUT2D eigenvalue weighted by molar-refractivity contribution is 0.576. The quantitative estimate of drug-likeness (QED) is 0.661. The van der Waals surface area contributed by atoms with Crippen molar-refractivity contribution in [3.63, 3.8) is 0 Å². The van der Waals surface area contributed by atoms with Crippen LogP contribution in [-0.2, 0) is 0 Å². The van der Waals surface area contributed by atoms with Gasteiger partial charge in [0.2, 0.25) is 0 Å². The van der Waals surface area contributed by atoms with Crippen LogP contribution in [0.25, 0.3) is 5.70 Å². The Morgan fingerprint density at radius 2 is 2.50 bits per heavy atom. The van der Waals surface area contributed by atoms with Crippen LogP contribution < -0.4 is 0 Å². The standard InChI is InChI=1S/C8H10N4/c1-12-5-3-7(9-6-12)8-2-4-10-11-8/h2-4,6H,5H2,1H3,(H,10,11). The Kier molecular flexibility index (Phi) is 1.66. The van der Waals surface area contributed by atoms with Gasteiger partial charge in [-0.2, -0.15) is 5.10 Å². The van der Waals surface area contributed by atoms with E-state index >= 15 is 0 Å². The molecule has 4 heteroatoms. The van der Waals surface area contributed by atoms with E-state index in [1.54, 1.807) is 6.20 Å². The van der Waals surface area contributed by atoms with Gasteiger partial charge in [0.15, 0.2) is 0 Å². The zero-order valence-corrected chi connectivity index (χ0v) is 6.86. The predicted molar refractivity (Wildman–Crippen MR) is 47.7 cm³/mol. The van der Waals surface area contributed by atoms with Crippen LogP contribution in [0.2, 0.25) is 0 Å². The molecule has 1 aromatic rings. The highest BCUT2D eigenvalue weighted by Gasteiger charge is 2.04. The van der Waals surface area contributed by atoms with Gasteiger partial charge in [0, 0.05) is 19.8 Å². The lowest BCUT2D eigenvalue weighted by Gasteiger charge is -2.14. The van der Waals surface area contributed by atoms with Gasteiger partial charge in [-0.05, 0) is 12.1 Å². The molecule has 0 radical (unpaired) electrons. The number of hydrogen-bond donors (Lipinski definition) is 1. The summed E-state index contributed by atoms with van der Waals surface area (Å²) < 4.78 is 0. The lowest BCUT2D eigenvalue weighted by Crippen LogP contribution is -2.18. The second-order valence-electron chi connectivity index (χ2n) is 2.74. The second-order valence-corrected chi connectivity index (χ2v) is 2.74. The number of aliphatic imine (C=N–C) groups is 1. The van der Waals surface area contributed by atoms with E-state index in [4.69, 9.17) is 0 Å². The van der Waals surface area contributed by atoms with Crippen LogP contribution in [0.1, 0.15) is 5.69 Å². The summed E-state index contributed by atoms with van der Waals surface area (Å²) in [6.45, 7) is 0.901. The summed E-state index contributed by atoms with van der Waals surface area (Å²) in [7, 11) is 1.99. The fourth-order valence-electron chi connectivity index (χ4n) is 1.07. The number of likely N-dealkylation sites (N-methyl/N-ethyl adjacent to an activating group) is 1. The Hall–Kier alpha value is -1.58. The number of hydrogen-bond acceptors (Lipinski definition) is 3. The fraction of sp³-hybridized carbons (Fsp3) is 0.250. The van der Waals surface area contributed by atoms with Crippen molar-refractivity contribution in [2.45, 2.75) is 0 Å². The maximum Gasteiger partial charge on any atom is 0.0913 e. The maximum absolute atomic E-state index is 4.24. The number of H-pyrrole nitrogens is 1. The number of rotatable bonds is 1. The third-order valence-corrected chi connectivity index (χ3v) is 1.74. The molecule has 0 aliphatic carbocycles. The third-order valence-electron chi connectivity index (χ3n) is 1.74. The van der Waals surface area contributed by atoms with Crippen molar-refractivity contribution in [1.82, 2.24) is 15.1 Å². The molecule has 0 bridgehead atoms. The van der Waals surface area contributed by atoms with Crippen molar-refractivity contribution in [3.05, 3.63) is 24.0 Å². The first-order chi connectivity index (χ1) is 5.86. The van der Waals surface area contributed by atoms with E-state index < -0.39 is 0 Å². The highest BCUT2D eigenvalue weighted by molar-refractivity contribution is 5.73. The van der Waals surface area contributed by atoms with Gasteiger partial charge in [-0.15, -0.1) is 0 Å². The van der Waals surface area contributed by atoms with Gasteiger partial charge in [0.05, 0.1) is 17.7 Å². The van der Waals surface area contributed by atoms with Crippen LogP contribution in [-0.4, -0.2) is 35.0 Å². The molecule has 2 heterocycles. The molecular formula is C8H10N4. The molecule has 0 aromatic carbocycles. The van der Waals surface area contributed by atoms with Gasteiger partial charge in [0.1, 0.15) is 0 Å². The molecule has 0 saturated carbocycles. The summed E-state index contributed by atoms with van der Waals surface area (Å²) in [5.74, 6) is 0. The van der Waals surface area contributed by atoms with Crippen molar-refractivity contribution in [3.8, 4) is 0 Å². The zero-order chi connectivity index (χ0) is 8.39. The van der Waals surface area contributed by atoms with Gasteiger partial charge in [-0.3, -0.25) is 5.10 Å². The Labute approximate surface area is 70.6 Å². The zero-order valence-electron chi connectivity index (χ0n) is 6.86. The molecular weight excluding hydrogens is 152 g/mol. The summed E-state index contributed by atoms with van der Waals surface area (Å²) in [6, 6.07) is 1.91. The Morgan fingerprint density at radius 1 is 1.58 bits per heavy atom. The van der Waals surface area contributed by atoms with E-state index in [-0.39, 0.29) is 0 Å².